The third-order valence-corrected chi connectivity index (χ3v) is 4.85. The lowest BCUT2D eigenvalue weighted by Crippen LogP contribution is -2.59. The molecule has 0 bridgehead atoms. The van der Waals surface area contributed by atoms with Gasteiger partial charge in [-0.1, -0.05) is 12.1 Å². The molecule has 2 amide bonds. The maximum atomic E-state index is 12.9. The van der Waals surface area contributed by atoms with Crippen LogP contribution in [0.15, 0.2) is 24.3 Å². The molecule has 1 aromatic rings. The van der Waals surface area contributed by atoms with Crippen LogP contribution in [0.5, 0.6) is 0 Å². The molecule has 1 aliphatic heterocycles. The highest BCUT2D eigenvalue weighted by Gasteiger charge is 2.30. The number of hydrogen-bond acceptors (Lipinski definition) is 4. The van der Waals surface area contributed by atoms with Crippen molar-refractivity contribution >= 4 is 18.0 Å². The van der Waals surface area contributed by atoms with Crippen molar-refractivity contribution in [2.45, 2.75) is 45.2 Å². The number of amides is 2. The summed E-state index contributed by atoms with van der Waals surface area (Å²) in [6.07, 6.45) is 3.21. The van der Waals surface area contributed by atoms with Crippen LogP contribution in [0.25, 0.3) is 0 Å². The van der Waals surface area contributed by atoms with Gasteiger partial charge >= 0.3 is 18.0 Å². The van der Waals surface area contributed by atoms with E-state index < -0.39 is 11.9 Å². The number of piperazine rings is 1. The average molecular weight is 411 g/mol. The first-order chi connectivity index (χ1) is 13.6. The summed E-state index contributed by atoms with van der Waals surface area (Å²) in [6.45, 7) is 7.03. The van der Waals surface area contributed by atoms with Gasteiger partial charge in [0.2, 0.25) is 0 Å². The van der Waals surface area contributed by atoms with Gasteiger partial charge in [0, 0.05) is 32.2 Å². The smallest absolute Gasteiger partial charge is 0.414 e. The minimum absolute atomic E-state index is 0.0142. The summed E-state index contributed by atoms with van der Waals surface area (Å²) in [5.74, 6) is -3.82. The molecule has 1 aliphatic rings. The molecule has 29 heavy (non-hydrogen) atoms. The van der Waals surface area contributed by atoms with Gasteiger partial charge in [0.05, 0.1) is 0 Å². The fourth-order valence-electron chi connectivity index (χ4n) is 3.23. The first-order valence-electron chi connectivity index (χ1n) is 9.58. The van der Waals surface area contributed by atoms with Crippen molar-refractivity contribution in [3.05, 3.63) is 35.6 Å². The number of aryl methyl sites for hydroxylation is 1. The monoisotopic (exact) mass is 411 g/mol. The Labute approximate surface area is 170 Å². The van der Waals surface area contributed by atoms with Gasteiger partial charge in [-0.3, -0.25) is 4.90 Å². The number of carbonyl (C=O) groups excluding carboxylic acids is 1. The maximum Gasteiger partial charge on any atom is 0.414 e. The molecule has 0 aromatic heterocycles. The van der Waals surface area contributed by atoms with Crippen LogP contribution in [0.3, 0.4) is 0 Å². The van der Waals surface area contributed by atoms with E-state index in [9.17, 15) is 9.18 Å². The number of nitrogens with one attached hydrogen (secondary N) is 1. The standard InChI is InChI=1S/C18H28FN3O.C2H2O4/c1-14-13-22(18(23)20-3)15(2)12-21(14)11-5-4-6-16-7-9-17(19)10-8-16;3-1(4)2(5)6/h7-10,14-15H,4-6,11-13H2,1-3H3,(H,20,23);(H,3,4)(H,5,6)/t14-,15+;/m1./s1. The molecule has 8 nitrogen and oxygen atoms in total. The van der Waals surface area contributed by atoms with Gasteiger partial charge in [-0.15, -0.1) is 0 Å². The normalized spacial score (nSPS) is 19.1. The highest BCUT2D eigenvalue weighted by Crippen LogP contribution is 2.16. The Morgan fingerprint density at radius 2 is 1.62 bits per heavy atom. The van der Waals surface area contributed by atoms with Crippen LogP contribution < -0.4 is 5.32 Å². The number of carbonyl (C=O) groups is 3. The van der Waals surface area contributed by atoms with Crippen molar-refractivity contribution in [3.63, 3.8) is 0 Å². The number of unbranched alkanes of at least 4 members (excludes halogenated alkanes) is 1. The molecule has 0 unspecified atom stereocenters. The molecule has 2 atom stereocenters. The number of benzene rings is 1. The van der Waals surface area contributed by atoms with Gasteiger partial charge in [-0.2, -0.15) is 0 Å². The van der Waals surface area contributed by atoms with E-state index in [1.807, 2.05) is 17.0 Å². The van der Waals surface area contributed by atoms with Gasteiger partial charge in [0.1, 0.15) is 5.82 Å². The third kappa shape index (κ3) is 8.47. The summed E-state index contributed by atoms with van der Waals surface area (Å²) in [7, 11) is 1.68. The van der Waals surface area contributed by atoms with Crippen molar-refractivity contribution in [2.24, 2.45) is 0 Å². The molecule has 1 fully saturated rings. The molecule has 2 rings (SSSR count). The first kappa shape index (κ1) is 24.4. The molecule has 1 saturated heterocycles. The van der Waals surface area contributed by atoms with Gasteiger partial charge < -0.3 is 20.4 Å². The average Bonchev–Trinajstić information content (AvgIpc) is 2.68. The van der Waals surface area contributed by atoms with E-state index in [2.05, 4.69) is 24.1 Å². The molecule has 0 radical (unpaired) electrons. The van der Waals surface area contributed by atoms with Crippen LogP contribution in [-0.4, -0.2) is 76.7 Å². The molecular weight excluding hydrogens is 381 g/mol. The van der Waals surface area contributed by atoms with Crippen LogP contribution in [0.1, 0.15) is 32.3 Å². The molecule has 1 heterocycles. The van der Waals surface area contributed by atoms with Gasteiger partial charge in [-0.05, 0) is 57.4 Å². The minimum Gasteiger partial charge on any atom is -0.473 e. The lowest BCUT2D eigenvalue weighted by molar-refractivity contribution is -0.159. The van der Waals surface area contributed by atoms with E-state index >= 15 is 0 Å². The van der Waals surface area contributed by atoms with Crippen molar-refractivity contribution in [3.8, 4) is 0 Å². The number of urea groups is 1. The van der Waals surface area contributed by atoms with E-state index in [-0.39, 0.29) is 17.9 Å². The lowest BCUT2D eigenvalue weighted by Gasteiger charge is -2.44. The Morgan fingerprint density at radius 1 is 1.03 bits per heavy atom. The summed E-state index contributed by atoms with van der Waals surface area (Å²) >= 11 is 0. The van der Waals surface area contributed by atoms with Crippen molar-refractivity contribution in [1.29, 1.82) is 0 Å². The highest BCUT2D eigenvalue weighted by atomic mass is 19.1. The van der Waals surface area contributed by atoms with E-state index in [0.717, 1.165) is 38.9 Å². The zero-order valence-electron chi connectivity index (χ0n) is 17.1. The van der Waals surface area contributed by atoms with Gasteiger partial charge in [0.15, 0.2) is 0 Å². The molecule has 9 heteroatoms. The number of rotatable bonds is 5. The molecule has 3 N–H and O–H groups in total. The molecule has 1 aromatic carbocycles. The lowest BCUT2D eigenvalue weighted by atomic mass is 10.1. The largest absolute Gasteiger partial charge is 0.473 e. The zero-order valence-corrected chi connectivity index (χ0v) is 17.1. The maximum absolute atomic E-state index is 12.9. The highest BCUT2D eigenvalue weighted by molar-refractivity contribution is 6.27. The zero-order chi connectivity index (χ0) is 22.0. The topological polar surface area (TPSA) is 110 Å². The minimum atomic E-state index is -1.82. The van der Waals surface area contributed by atoms with E-state index in [1.165, 1.54) is 17.7 Å². The molecular formula is C20H30FN3O5. The molecule has 0 spiro atoms. The Bertz CT molecular complexity index is 671. The number of carboxylic acids is 2. The second-order valence-corrected chi connectivity index (χ2v) is 7.09. The fraction of sp³-hybridized carbons (Fsp3) is 0.550. The third-order valence-electron chi connectivity index (χ3n) is 4.85. The second-order valence-electron chi connectivity index (χ2n) is 7.09. The van der Waals surface area contributed by atoms with Crippen molar-refractivity contribution in [2.75, 3.05) is 26.7 Å². The SMILES string of the molecule is CNC(=O)N1C[C@@H](C)N(CCCCc2ccc(F)cc2)C[C@@H]1C.O=C(O)C(=O)O. The molecule has 162 valence electrons. The Hall–Kier alpha value is -2.68. The fourth-order valence-corrected chi connectivity index (χ4v) is 3.23. The van der Waals surface area contributed by atoms with E-state index in [1.54, 1.807) is 7.05 Å². The van der Waals surface area contributed by atoms with Crippen LogP contribution in [0, 0.1) is 5.82 Å². The Balaban J connectivity index is 0.000000612. The number of halogens is 1. The van der Waals surface area contributed by atoms with Crippen LogP contribution in [-0.2, 0) is 16.0 Å². The van der Waals surface area contributed by atoms with Crippen LogP contribution in [0.2, 0.25) is 0 Å². The predicted molar refractivity (Wildman–Crippen MR) is 106 cm³/mol. The Kier molecular flexibility index (Phi) is 10.1. The number of hydrogen-bond donors (Lipinski definition) is 3. The second kappa shape index (κ2) is 12.0. The number of aliphatic carboxylic acids is 2. The van der Waals surface area contributed by atoms with Crippen molar-refractivity contribution < 1.29 is 29.0 Å². The summed E-state index contributed by atoms with van der Waals surface area (Å²) in [6, 6.07) is 7.41. The molecule has 0 saturated carbocycles. The number of carboxylic acid groups (broad SMARTS) is 2. The van der Waals surface area contributed by atoms with Crippen LogP contribution >= 0.6 is 0 Å². The summed E-state index contributed by atoms with van der Waals surface area (Å²) < 4.78 is 12.9. The predicted octanol–water partition coefficient (Wildman–Crippen LogP) is 2.04. The van der Waals surface area contributed by atoms with Crippen LogP contribution in [0.4, 0.5) is 9.18 Å². The van der Waals surface area contributed by atoms with E-state index in [4.69, 9.17) is 19.8 Å². The Morgan fingerprint density at radius 3 is 2.14 bits per heavy atom. The van der Waals surface area contributed by atoms with E-state index in [0.29, 0.717) is 6.04 Å². The van der Waals surface area contributed by atoms with Gasteiger partial charge in [-0.25, -0.2) is 18.8 Å². The number of nitrogens with zero attached hydrogens (tertiary/aromatic N) is 2. The van der Waals surface area contributed by atoms with Gasteiger partial charge in [0.25, 0.3) is 0 Å². The first-order valence-corrected chi connectivity index (χ1v) is 9.58. The summed E-state index contributed by atoms with van der Waals surface area (Å²) in [4.78, 5) is 34.4. The summed E-state index contributed by atoms with van der Waals surface area (Å²) in [5, 5.41) is 17.5. The quantitative estimate of drug-likeness (QED) is 0.505. The molecule has 0 aliphatic carbocycles. The van der Waals surface area contributed by atoms with Crippen molar-refractivity contribution in [1.82, 2.24) is 15.1 Å². The summed E-state index contributed by atoms with van der Waals surface area (Å²) in [5.41, 5.74) is 1.19.